The van der Waals surface area contributed by atoms with E-state index in [0.29, 0.717) is 18.6 Å². The summed E-state index contributed by atoms with van der Waals surface area (Å²) in [5.74, 6) is 0.0394. The summed E-state index contributed by atoms with van der Waals surface area (Å²) in [5, 5.41) is 8.75. The Balaban J connectivity index is 1.64. The van der Waals surface area contributed by atoms with Gasteiger partial charge in [0, 0.05) is 18.6 Å². The van der Waals surface area contributed by atoms with Crippen LogP contribution in [0.3, 0.4) is 0 Å². The molecule has 1 saturated heterocycles. The van der Waals surface area contributed by atoms with Gasteiger partial charge in [-0.3, -0.25) is 10.2 Å². The zero-order chi connectivity index (χ0) is 14.8. The van der Waals surface area contributed by atoms with Crippen molar-refractivity contribution in [3.05, 3.63) is 24.3 Å². The minimum Gasteiger partial charge on any atom is -0.381 e. The molecule has 3 unspecified atom stereocenters. The fourth-order valence-corrected chi connectivity index (χ4v) is 3.22. The van der Waals surface area contributed by atoms with Crippen LogP contribution in [0.4, 0.5) is 11.4 Å². The fourth-order valence-electron chi connectivity index (χ4n) is 3.22. The lowest BCUT2D eigenvalue weighted by Crippen LogP contribution is -2.58. The zero-order valence-corrected chi connectivity index (χ0v) is 12.7. The van der Waals surface area contributed by atoms with Crippen LogP contribution in [0, 0.1) is 0 Å². The molecule has 0 bridgehead atoms. The van der Waals surface area contributed by atoms with Crippen LogP contribution in [-0.4, -0.2) is 35.6 Å². The van der Waals surface area contributed by atoms with E-state index < -0.39 is 0 Å². The van der Waals surface area contributed by atoms with E-state index in [1.54, 1.807) is 0 Å². The number of hydrogen-bond acceptors (Lipinski definition) is 4. The van der Waals surface area contributed by atoms with Crippen LogP contribution in [0.25, 0.3) is 0 Å². The van der Waals surface area contributed by atoms with Gasteiger partial charge in [0.05, 0.1) is 11.4 Å². The molecule has 2 heterocycles. The lowest BCUT2D eigenvalue weighted by molar-refractivity contribution is -0.129. The summed E-state index contributed by atoms with van der Waals surface area (Å²) in [6.45, 7) is 4.97. The Bertz CT molecular complexity index is 509. The number of para-hydroxylation sites is 2. The average Bonchev–Trinajstić information content (AvgIpc) is 2.50. The van der Waals surface area contributed by atoms with Crippen molar-refractivity contribution >= 4 is 17.3 Å². The molecular weight excluding hydrogens is 264 g/mol. The molecule has 0 radical (unpaired) electrons. The maximum absolute atomic E-state index is 12.5. The molecule has 1 fully saturated rings. The van der Waals surface area contributed by atoms with Crippen LogP contribution in [0.5, 0.6) is 0 Å². The van der Waals surface area contributed by atoms with E-state index in [1.165, 1.54) is 6.42 Å². The Kier molecular flexibility index (Phi) is 4.01. The molecule has 1 amide bonds. The molecule has 3 N–H and O–H groups in total. The second-order valence-corrected chi connectivity index (χ2v) is 6.14. The molecular formula is C16H24N4O. The highest BCUT2D eigenvalue weighted by Crippen LogP contribution is 2.25. The highest BCUT2D eigenvalue weighted by atomic mass is 16.2. The molecule has 0 aliphatic carbocycles. The second kappa shape index (κ2) is 5.93. The first-order valence-electron chi connectivity index (χ1n) is 7.83. The van der Waals surface area contributed by atoms with Gasteiger partial charge in [0.1, 0.15) is 6.04 Å². The maximum Gasteiger partial charge on any atom is 0.258 e. The molecule has 3 atom stereocenters. The molecule has 0 saturated carbocycles. The maximum atomic E-state index is 12.5. The quantitative estimate of drug-likeness (QED) is 0.781. The number of carbonyl (C=O) groups is 1. The van der Waals surface area contributed by atoms with E-state index in [1.807, 2.05) is 24.3 Å². The molecule has 2 aliphatic rings. The van der Waals surface area contributed by atoms with Gasteiger partial charge in [0.2, 0.25) is 0 Å². The number of amides is 1. The van der Waals surface area contributed by atoms with Gasteiger partial charge in [0.25, 0.3) is 5.91 Å². The molecule has 21 heavy (non-hydrogen) atoms. The monoisotopic (exact) mass is 288 g/mol. The largest absolute Gasteiger partial charge is 0.381 e. The van der Waals surface area contributed by atoms with E-state index >= 15 is 0 Å². The highest BCUT2D eigenvalue weighted by molar-refractivity contribution is 5.88. The van der Waals surface area contributed by atoms with Crippen molar-refractivity contribution in [3.63, 3.8) is 0 Å². The normalized spacial score (nSPS) is 29.0. The van der Waals surface area contributed by atoms with E-state index in [9.17, 15) is 4.79 Å². The molecule has 3 rings (SSSR count). The van der Waals surface area contributed by atoms with Crippen molar-refractivity contribution in [1.29, 1.82) is 0 Å². The van der Waals surface area contributed by atoms with Gasteiger partial charge in [-0.2, -0.15) is 0 Å². The summed E-state index contributed by atoms with van der Waals surface area (Å²) in [6, 6.07) is 8.55. The Morgan fingerprint density at radius 3 is 2.57 bits per heavy atom. The van der Waals surface area contributed by atoms with Crippen molar-refractivity contribution < 1.29 is 4.79 Å². The number of rotatable bonds is 2. The number of anilines is 2. The molecule has 5 nitrogen and oxygen atoms in total. The van der Waals surface area contributed by atoms with Crippen molar-refractivity contribution in [1.82, 2.24) is 10.4 Å². The number of benzene rings is 1. The third-order valence-corrected chi connectivity index (χ3v) is 4.50. The van der Waals surface area contributed by atoms with Crippen molar-refractivity contribution in [2.75, 3.05) is 17.2 Å². The third kappa shape index (κ3) is 2.97. The highest BCUT2D eigenvalue weighted by Gasteiger charge is 2.30. The Labute approximate surface area is 126 Å². The Morgan fingerprint density at radius 1 is 1.19 bits per heavy atom. The van der Waals surface area contributed by atoms with Crippen LogP contribution in [0.15, 0.2) is 24.3 Å². The number of carbonyl (C=O) groups excluding carboxylic acids is 1. The molecule has 114 valence electrons. The van der Waals surface area contributed by atoms with Crippen LogP contribution in [-0.2, 0) is 4.79 Å². The smallest absolute Gasteiger partial charge is 0.258 e. The summed E-state index contributed by atoms with van der Waals surface area (Å²) in [6.07, 6.45) is 3.53. The lowest BCUT2D eigenvalue weighted by Gasteiger charge is -2.40. The molecule has 1 aromatic rings. The molecule has 1 aromatic carbocycles. The summed E-state index contributed by atoms with van der Waals surface area (Å²) >= 11 is 0. The first kappa shape index (κ1) is 14.2. The van der Waals surface area contributed by atoms with Crippen molar-refractivity contribution in [2.24, 2.45) is 0 Å². The first-order chi connectivity index (χ1) is 10.1. The van der Waals surface area contributed by atoms with E-state index in [2.05, 4.69) is 34.9 Å². The number of piperidine rings is 1. The summed E-state index contributed by atoms with van der Waals surface area (Å²) in [4.78, 5) is 12.5. The summed E-state index contributed by atoms with van der Waals surface area (Å²) in [7, 11) is 0. The van der Waals surface area contributed by atoms with Crippen LogP contribution in [0.2, 0.25) is 0 Å². The number of hydrogen-bond donors (Lipinski definition) is 3. The SMILES string of the molecule is CC1CCCC(C)N1NC(=O)C1CNc2ccccc2N1. The van der Waals surface area contributed by atoms with Gasteiger partial charge in [0.15, 0.2) is 0 Å². The van der Waals surface area contributed by atoms with Gasteiger partial charge in [-0.15, -0.1) is 0 Å². The van der Waals surface area contributed by atoms with Crippen molar-refractivity contribution in [2.45, 2.75) is 51.2 Å². The molecule has 0 aromatic heterocycles. The molecule has 2 aliphatic heterocycles. The fraction of sp³-hybridized carbons (Fsp3) is 0.562. The number of nitrogens with one attached hydrogen (secondary N) is 3. The average molecular weight is 288 g/mol. The third-order valence-electron chi connectivity index (χ3n) is 4.50. The van der Waals surface area contributed by atoms with Crippen LogP contribution >= 0.6 is 0 Å². The predicted molar refractivity (Wildman–Crippen MR) is 85.1 cm³/mol. The topological polar surface area (TPSA) is 56.4 Å². The van der Waals surface area contributed by atoms with Gasteiger partial charge in [-0.25, -0.2) is 5.01 Å². The Hall–Kier alpha value is -1.75. The number of hydrazine groups is 1. The van der Waals surface area contributed by atoms with E-state index in [4.69, 9.17) is 0 Å². The summed E-state index contributed by atoms with van der Waals surface area (Å²) in [5.41, 5.74) is 5.16. The lowest BCUT2D eigenvalue weighted by atomic mass is 10.00. The van der Waals surface area contributed by atoms with Gasteiger partial charge >= 0.3 is 0 Å². The first-order valence-corrected chi connectivity index (χ1v) is 7.83. The van der Waals surface area contributed by atoms with Gasteiger partial charge < -0.3 is 10.6 Å². The number of fused-ring (bicyclic) bond motifs is 1. The van der Waals surface area contributed by atoms with Crippen molar-refractivity contribution in [3.8, 4) is 0 Å². The molecule has 5 heteroatoms. The van der Waals surface area contributed by atoms with E-state index in [-0.39, 0.29) is 11.9 Å². The van der Waals surface area contributed by atoms with Crippen LogP contribution < -0.4 is 16.1 Å². The van der Waals surface area contributed by atoms with Crippen LogP contribution in [0.1, 0.15) is 33.1 Å². The minimum absolute atomic E-state index is 0.0394. The Morgan fingerprint density at radius 2 is 1.86 bits per heavy atom. The molecule has 0 spiro atoms. The second-order valence-electron chi connectivity index (χ2n) is 6.14. The zero-order valence-electron chi connectivity index (χ0n) is 12.7. The van der Waals surface area contributed by atoms with Gasteiger partial charge in [-0.1, -0.05) is 18.6 Å². The number of nitrogens with zero attached hydrogens (tertiary/aromatic N) is 1. The predicted octanol–water partition coefficient (Wildman–Crippen LogP) is 2.19. The van der Waals surface area contributed by atoms with E-state index in [0.717, 1.165) is 24.2 Å². The minimum atomic E-state index is -0.235. The van der Waals surface area contributed by atoms with Gasteiger partial charge in [-0.05, 0) is 38.8 Å². The summed E-state index contributed by atoms with van der Waals surface area (Å²) < 4.78 is 0. The standard InChI is InChI=1S/C16H24N4O/c1-11-6-5-7-12(2)20(11)19-16(21)15-10-17-13-8-3-4-9-14(13)18-15/h3-4,8-9,11-12,15,17-18H,5-7,10H2,1-2H3,(H,19,21).